The zero-order chi connectivity index (χ0) is 13.9. The van der Waals surface area contributed by atoms with Gasteiger partial charge in [-0.05, 0) is 30.4 Å². The smallest absolute Gasteiger partial charge is 0.258 e. The van der Waals surface area contributed by atoms with E-state index >= 15 is 0 Å². The fourth-order valence-electron chi connectivity index (χ4n) is 1.93. The first-order valence-electron chi connectivity index (χ1n) is 5.84. The van der Waals surface area contributed by atoms with E-state index in [1.165, 1.54) is 24.3 Å². The molecule has 8 heteroatoms. The molecule has 0 bridgehead atoms. The quantitative estimate of drug-likeness (QED) is 0.676. The van der Waals surface area contributed by atoms with Gasteiger partial charge in [0.05, 0.1) is 4.92 Å². The molecule has 0 spiro atoms. The summed E-state index contributed by atoms with van der Waals surface area (Å²) in [6.07, 6.45) is 1.51. The first-order valence-corrected chi connectivity index (χ1v) is 8.48. The van der Waals surface area contributed by atoms with Crippen LogP contribution in [0.1, 0.15) is 12.8 Å². The molecule has 104 valence electrons. The molecule has 1 aromatic rings. The van der Waals surface area contributed by atoms with Crippen LogP contribution in [0.3, 0.4) is 0 Å². The van der Waals surface area contributed by atoms with E-state index in [0.29, 0.717) is 0 Å². The summed E-state index contributed by atoms with van der Waals surface area (Å²) in [5.41, 5.74) is -0.389. The van der Waals surface area contributed by atoms with Crippen molar-refractivity contribution in [3.63, 3.8) is 0 Å². The predicted molar refractivity (Wildman–Crippen MR) is 73.8 cm³/mol. The monoisotopic (exact) mass is 302 g/mol. The maximum Gasteiger partial charge on any atom is 0.289 e. The molecule has 0 aromatic heterocycles. The molecule has 1 aliphatic rings. The minimum Gasteiger partial charge on any atom is -0.258 e. The Balaban J connectivity index is 2.26. The number of nitro benzene ring substituents is 1. The number of nitro groups is 1. The summed E-state index contributed by atoms with van der Waals surface area (Å²) < 4.78 is 27.0. The van der Waals surface area contributed by atoms with Crippen molar-refractivity contribution in [2.45, 2.75) is 23.8 Å². The van der Waals surface area contributed by atoms with Gasteiger partial charge in [-0.1, -0.05) is 12.1 Å². The van der Waals surface area contributed by atoms with Gasteiger partial charge in [-0.2, -0.15) is 11.8 Å². The number of nitrogens with zero attached hydrogens (tertiary/aromatic N) is 1. The largest absolute Gasteiger partial charge is 0.289 e. The highest BCUT2D eigenvalue weighted by Crippen LogP contribution is 2.25. The number of thioether (sulfide) groups is 1. The number of hydrogen-bond donors (Lipinski definition) is 1. The van der Waals surface area contributed by atoms with Gasteiger partial charge < -0.3 is 0 Å². The first kappa shape index (κ1) is 14.3. The molecule has 0 radical (unpaired) electrons. The molecule has 2 rings (SSSR count). The van der Waals surface area contributed by atoms with E-state index in [9.17, 15) is 18.5 Å². The fourth-order valence-corrected chi connectivity index (χ4v) is 4.52. The Hall–Kier alpha value is -1.12. The second-order valence-electron chi connectivity index (χ2n) is 4.23. The summed E-state index contributed by atoms with van der Waals surface area (Å²) in [4.78, 5) is 9.93. The summed E-state index contributed by atoms with van der Waals surface area (Å²) in [6.45, 7) is 0. The lowest BCUT2D eigenvalue weighted by molar-refractivity contribution is -0.387. The van der Waals surface area contributed by atoms with Crippen molar-refractivity contribution < 1.29 is 13.3 Å². The van der Waals surface area contributed by atoms with Crippen LogP contribution in [0.2, 0.25) is 0 Å². The van der Waals surface area contributed by atoms with Crippen LogP contribution in [0.15, 0.2) is 29.2 Å². The van der Waals surface area contributed by atoms with Crippen molar-refractivity contribution in [2.24, 2.45) is 0 Å². The van der Waals surface area contributed by atoms with Crippen molar-refractivity contribution >= 4 is 27.5 Å². The summed E-state index contributed by atoms with van der Waals surface area (Å²) in [6, 6.07) is 5.27. The maximum atomic E-state index is 12.2. The molecule has 1 fully saturated rings. The van der Waals surface area contributed by atoms with Crippen molar-refractivity contribution in [1.29, 1.82) is 0 Å². The highest BCUT2D eigenvalue weighted by molar-refractivity contribution is 7.99. The van der Waals surface area contributed by atoms with Crippen molar-refractivity contribution in [3.05, 3.63) is 34.4 Å². The molecule has 0 atom stereocenters. The van der Waals surface area contributed by atoms with Crippen LogP contribution in [0.25, 0.3) is 0 Å². The third-order valence-corrected chi connectivity index (χ3v) is 5.51. The van der Waals surface area contributed by atoms with Crippen LogP contribution in [0.4, 0.5) is 5.69 Å². The predicted octanol–water partition coefficient (Wildman–Crippen LogP) is 1.77. The first-order chi connectivity index (χ1) is 9.00. The highest BCUT2D eigenvalue weighted by Gasteiger charge is 2.28. The fraction of sp³-hybridized carbons (Fsp3) is 0.455. The Kier molecular flexibility index (Phi) is 4.43. The van der Waals surface area contributed by atoms with Gasteiger partial charge in [-0.3, -0.25) is 10.1 Å². The summed E-state index contributed by atoms with van der Waals surface area (Å²) in [7, 11) is -3.84. The lowest BCUT2D eigenvalue weighted by Gasteiger charge is -2.22. The van der Waals surface area contributed by atoms with Crippen LogP contribution in [0, 0.1) is 10.1 Å². The maximum absolute atomic E-state index is 12.2. The number of benzene rings is 1. The Morgan fingerprint density at radius 3 is 2.53 bits per heavy atom. The highest BCUT2D eigenvalue weighted by atomic mass is 32.2. The summed E-state index contributed by atoms with van der Waals surface area (Å²) in [5.74, 6) is 1.81. The van der Waals surface area contributed by atoms with Gasteiger partial charge in [-0.25, -0.2) is 13.1 Å². The number of rotatable bonds is 4. The normalized spacial score (nSPS) is 17.3. The van der Waals surface area contributed by atoms with Gasteiger partial charge in [0.15, 0.2) is 4.90 Å². The molecule has 1 aromatic carbocycles. The van der Waals surface area contributed by atoms with Gasteiger partial charge >= 0.3 is 0 Å². The van der Waals surface area contributed by atoms with Gasteiger partial charge in [0, 0.05) is 12.1 Å². The number of para-hydroxylation sites is 1. The van der Waals surface area contributed by atoms with Crippen LogP contribution in [-0.4, -0.2) is 30.9 Å². The van der Waals surface area contributed by atoms with E-state index in [1.807, 2.05) is 0 Å². The van der Waals surface area contributed by atoms with Crippen molar-refractivity contribution in [3.8, 4) is 0 Å². The molecule has 1 N–H and O–H groups in total. The topological polar surface area (TPSA) is 89.3 Å². The molecular weight excluding hydrogens is 288 g/mol. The third-order valence-electron chi connectivity index (χ3n) is 2.89. The molecule has 1 saturated heterocycles. The lowest BCUT2D eigenvalue weighted by atomic mass is 10.2. The Morgan fingerprint density at radius 2 is 1.89 bits per heavy atom. The van der Waals surface area contributed by atoms with E-state index in [1.54, 1.807) is 11.8 Å². The molecular formula is C11H14N2O4S2. The molecule has 1 aliphatic heterocycles. The second-order valence-corrected chi connectivity index (χ2v) is 7.14. The van der Waals surface area contributed by atoms with E-state index in [2.05, 4.69) is 4.72 Å². The third kappa shape index (κ3) is 3.46. The van der Waals surface area contributed by atoms with E-state index in [0.717, 1.165) is 24.3 Å². The number of nitrogens with one attached hydrogen (secondary N) is 1. The Labute approximate surface area is 115 Å². The van der Waals surface area contributed by atoms with Gasteiger partial charge in [0.25, 0.3) is 5.69 Å². The zero-order valence-corrected chi connectivity index (χ0v) is 11.7. The number of sulfonamides is 1. The average molecular weight is 302 g/mol. The van der Waals surface area contributed by atoms with Gasteiger partial charge in [0.2, 0.25) is 10.0 Å². The SMILES string of the molecule is O=[N+]([O-])c1ccccc1S(=O)(=O)NC1CCSCC1. The standard InChI is InChI=1S/C11H14N2O4S2/c14-13(15)10-3-1-2-4-11(10)19(16,17)12-9-5-7-18-8-6-9/h1-4,9,12H,5-8H2. The van der Waals surface area contributed by atoms with E-state index < -0.39 is 14.9 Å². The Morgan fingerprint density at radius 1 is 1.26 bits per heavy atom. The summed E-state index contributed by atoms with van der Waals surface area (Å²) in [5, 5.41) is 10.9. The lowest BCUT2D eigenvalue weighted by Crippen LogP contribution is -2.37. The molecule has 0 unspecified atom stereocenters. The number of hydrogen-bond acceptors (Lipinski definition) is 5. The molecule has 19 heavy (non-hydrogen) atoms. The van der Waals surface area contributed by atoms with Gasteiger partial charge in [0.1, 0.15) is 0 Å². The minimum atomic E-state index is -3.84. The molecule has 0 saturated carbocycles. The molecule has 0 aliphatic carbocycles. The second kappa shape index (κ2) is 5.89. The van der Waals surface area contributed by atoms with E-state index in [-0.39, 0.29) is 16.6 Å². The van der Waals surface area contributed by atoms with E-state index in [4.69, 9.17) is 0 Å². The minimum absolute atomic E-state index is 0.133. The molecule has 0 amide bonds. The van der Waals surface area contributed by atoms with Crippen molar-refractivity contribution in [2.75, 3.05) is 11.5 Å². The summed E-state index contributed by atoms with van der Waals surface area (Å²) >= 11 is 1.79. The molecule has 1 heterocycles. The van der Waals surface area contributed by atoms with Crippen molar-refractivity contribution in [1.82, 2.24) is 4.72 Å². The average Bonchev–Trinajstić information content (AvgIpc) is 2.39. The van der Waals surface area contributed by atoms with Crippen LogP contribution in [0.5, 0.6) is 0 Å². The Bertz CT molecular complexity index is 568. The van der Waals surface area contributed by atoms with Crippen LogP contribution in [-0.2, 0) is 10.0 Å². The van der Waals surface area contributed by atoms with Gasteiger partial charge in [-0.15, -0.1) is 0 Å². The van der Waals surface area contributed by atoms with Crippen LogP contribution >= 0.6 is 11.8 Å². The molecule has 6 nitrogen and oxygen atoms in total. The van der Waals surface area contributed by atoms with Crippen LogP contribution < -0.4 is 4.72 Å². The zero-order valence-electron chi connectivity index (χ0n) is 10.1.